The average molecular weight is 262 g/mol. The van der Waals surface area contributed by atoms with Gasteiger partial charge in [-0.2, -0.15) is 0 Å². The highest BCUT2D eigenvalue weighted by Crippen LogP contribution is 2.16. The highest BCUT2D eigenvalue weighted by molar-refractivity contribution is 5.26. The number of hydrogen-bond acceptors (Lipinski definition) is 5. The van der Waals surface area contributed by atoms with Gasteiger partial charge in [0.25, 0.3) is 0 Å². The lowest BCUT2D eigenvalue weighted by Gasteiger charge is -2.13. The number of aromatic hydroxyl groups is 1. The Bertz CT molecular complexity index is 510. The molecule has 0 saturated carbocycles. The number of aromatic nitrogens is 3. The monoisotopic (exact) mass is 262 g/mol. The summed E-state index contributed by atoms with van der Waals surface area (Å²) in [4.78, 5) is 0. The number of ether oxygens (including phenoxy) is 1. The zero-order chi connectivity index (χ0) is 13.7. The van der Waals surface area contributed by atoms with Gasteiger partial charge in [0.2, 0.25) is 0 Å². The van der Waals surface area contributed by atoms with Crippen LogP contribution in [-0.2, 0) is 17.7 Å². The lowest BCUT2D eigenvalue weighted by Crippen LogP contribution is -2.20. The molecule has 0 saturated heterocycles. The molecular formula is C13H18N4O2. The van der Waals surface area contributed by atoms with Gasteiger partial charge in [0.05, 0.1) is 12.6 Å². The van der Waals surface area contributed by atoms with E-state index >= 15 is 0 Å². The molecule has 1 atom stereocenters. The maximum Gasteiger partial charge on any atom is 0.150 e. The van der Waals surface area contributed by atoms with Crippen molar-refractivity contribution in [3.8, 4) is 5.75 Å². The number of nitrogens with zero attached hydrogens (tertiary/aromatic N) is 3. The summed E-state index contributed by atoms with van der Waals surface area (Å²) in [5.74, 6) is 0.991. The van der Waals surface area contributed by atoms with Crippen LogP contribution < -0.4 is 5.73 Å². The van der Waals surface area contributed by atoms with Gasteiger partial charge in [-0.1, -0.05) is 12.1 Å². The van der Waals surface area contributed by atoms with Crippen molar-refractivity contribution in [1.82, 2.24) is 14.8 Å². The van der Waals surface area contributed by atoms with Crippen LogP contribution in [0.25, 0.3) is 0 Å². The Hall–Kier alpha value is -1.92. The van der Waals surface area contributed by atoms with Gasteiger partial charge in [-0.15, -0.1) is 10.2 Å². The predicted molar refractivity (Wildman–Crippen MR) is 70.6 cm³/mol. The summed E-state index contributed by atoms with van der Waals surface area (Å²) < 4.78 is 6.93. The first-order chi connectivity index (χ1) is 9.20. The molecule has 0 aliphatic heterocycles. The molecular weight excluding hydrogens is 244 g/mol. The lowest BCUT2D eigenvalue weighted by atomic mass is 10.1. The van der Waals surface area contributed by atoms with E-state index in [1.54, 1.807) is 25.6 Å². The second-order valence-electron chi connectivity index (χ2n) is 4.35. The van der Waals surface area contributed by atoms with Crippen molar-refractivity contribution in [3.63, 3.8) is 0 Å². The lowest BCUT2D eigenvalue weighted by molar-refractivity contribution is 0.185. The molecule has 1 aromatic heterocycles. The van der Waals surface area contributed by atoms with Crippen LogP contribution in [0.3, 0.4) is 0 Å². The van der Waals surface area contributed by atoms with E-state index < -0.39 is 0 Å². The highest BCUT2D eigenvalue weighted by Gasteiger charge is 2.14. The van der Waals surface area contributed by atoms with Crippen molar-refractivity contribution >= 4 is 0 Å². The molecule has 3 N–H and O–H groups in total. The summed E-state index contributed by atoms with van der Waals surface area (Å²) >= 11 is 0. The zero-order valence-electron chi connectivity index (χ0n) is 10.9. The third-order valence-corrected chi connectivity index (χ3v) is 2.91. The van der Waals surface area contributed by atoms with E-state index in [0.29, 0.717) is 19.6 Å². The minimum Gasteiger partial charge on any atom is -0.508 e. The normalized spacial score (nSPS) is 12.5. The first-order valence-corrected chi connectivity index (χ1v) is 6.11. The Kier molecular flexibility index (Phi) is 4.48. The second-order valence-corrected chi connectivity index (χ2v) is 4.35. The molecule has 1 aromatic carbocycles. The van der Waals surface area contributed by atoms with Gasteiger partial charge in [0.1, 0.15) is 17.9 Å². The van der Waals surface area contributed by atoms with Crippen molar-refractivity contribution in [3.05, 3.63) is 42.0 Å². The first kappa shape index (κ1) is 13.5. The van der Waals surface area contributed by atoms with Gasteiger partial charge in [-0.3, -0.25) is 0 Å². The second kappa shape index (κ2) is 6.31. The van der Waals surface area contributed by atoms with Gasteiger partial charge in [0.15, 0.2) is 0 Å². The topological polar surface area (TPSA) is 86.2 Å². The van der Waals surface area contributed by atoms with Crippen molar-refractivity contribution in [2.24, 2.45) is 5.73 Å². The summed E-state index contributed by atoms with van der Waals surface area (Å²) in [5, 5.41) is 17.2. The Morgan fingerprint density at radius 2 is 2.11 bits per heavy atom. The quantitative estimate of drug-likeness (QED) is 0.806. The van der Waals surface area contributed by atoms with Gasteiger partial charge in [-0.05, 0) is 24.1 Å². The van der Waals surface area contributed by atoms with Crippen molar-refractivity contribution < 1.29 is 9.84 Å². The number of hydrogen-bond donors (Lipinski definition) is 2. The van der Waals surface area contributed by atoms with E-state index in [1.807, 2.05) is 16.7 Å². The average Bonchev–Trinajstić information content (AvgIpc) is 2.87. The zero-order valence-corrected chi connectivity index (χ0v) is 10.9. The number of phenols is 1. The number of phenolic OH excluding ortho intramolecular Hbond substituents is 1. The van der Waals surface area contributed by atoms with E-state index in [4.69, 9.17) is 10.5 Å². The summed E-state index contributed by atoms with van der Waals surface area (Å²) in [6.45, 7) is 1.28. The SMILES string of the molecule is COCCn1cnnc1C(N)Cc1ccc(O)cc1. The van der Waals surface area contributed by atoms with Gasteiger partial charge < -0.3 is 20.1 Å². The third-order valence-electron chi connectivity index (χ3n) is 2.91. The Morgan fingerprint density at radius 3 is 2.79 bits per heavy atom. The number of rotatable bonds is 6. The van der Waals surface area contributed by atoms with Gasteiger partial charge in [0, 0.05) is 13.7 Å². The number of benzene rings is 1. The van der Waals surface area contributed by atoms with Crippen LogP contribution in [0.2, 0.25) is 0 Å². The maximum absolute atomic E-state index is 9.24. The summed E-state index contributed by atoms with van der Waals surface area (Å²) in [5.41, 5.74) is 7.20. The number of methoxy groups -OCH3 is 1. The molecule has 2 rings (SSSR count). The fourth-order valence-corrected chi connectivity index (χ4v) is 1.89. The Balaban J connectivity index is 2.05. The van der Waals surface area contributed by atoms with E-state index in [-0.39, 0.29) is 11.8 Å². The molecule has 0 radical (unpaired) electrons. The molecule has 0 aliphatic carbocycles. The first-order valence-electron chi connectivity index (χ1n) is 6.11. The standard InChI is InChI=1S/C13H18N4O2/c1-19-7-6-17-9-15-16-13(17)12(14)8-10-2-4-11(18)5-3-10/h2-5,9,12,18H,6-8,14H2,1H3. The van der Waals surface area contributed by atoms with Crippen LogP contribution in [0.5, 0.6) is 5.75 Å². The fraction of sp³-hybridized carbons (Fsp3) is 0.385. The van der Waals surface area contributed by atoms with Crippen LogP contribution in [0, 0.1) is 0 Å². The van der Waals surface area contributed by atoms with Gasteiger partial charge in [-0.25, -0.2) is 0 Å². The molecule has 6 nitrogen and oxygen atoms in total. The molecule has 0 amide bonds. The minimum absolute atomic E-state index is 0.233. The minimum atomic E-state index is -0.233. The van der Waals surface area contributed by atoms with Crippen LogP contribution in [0.15, 0.2) is 30.6 Å². The molecule has 1 unspecified atom stereocenters. The molecule has 0 aliphatic rings. The largest absolute Gasteiger partial charge is 0.508 e. The van der Waals surface area contributed by atoms with Crippen LogP contribution in [0.1, 0.15) is 17.4 Å². The molecule has 0 spiro atoms. The summed E-state index contributed by atoms with van der Waals surface area (Å²) in [6, 6.07) is 6.77. The van der Waals surface area contributed by atoms with Crippen LogP contribution in [0.4, 0.5) is 0 Å². The third kappa shape index (κ3) is 3.52. The summed E-state index contributed by atoms with van der Waals surface area (Å²) in [6.07, 6.45) is 2.30. The Morgan fingerprint density at radius 1 is 1.37 bits per heavy atom. The predicted octanol–water partition coefficient (Wildman–Crippen LogP) is 0.873. The molecule has 1 heterocycles. The van der Waals surface area contributed by atoms with Crippen molar-refractivity contribution in [1.29, 1.82) is 0 Å². The molecule has 0 fully saturated rings. The van der Waals surface area contributed by atoms with E-state index in [2.05, 4.69) is 10.2 Å². The number of nitrogens with two attached hydrogens (primary N) is 1. The molecule has 0 bridgehead atoms. The molecule has 2 aromatic rings. The summed E-state index contributed by atoms with van der Waals surface area (Å²) in [7, 11) is 1.65. The van der Waals surface area contributed by atoms with Crippen LogP contribution in [-0.4, -0.2) is 33.6 Å². The molecule has 102 valence electrons. The highest BCUT2D eigenvalue weighted by atomic mass is 16.5. The molecule has 6 heteroatoms. The maximum atomic E-state index is 9.24. The van der Waals surface area contributed by atoms with Crippen molar-refractivity contribution in [2.45, 2.75) is 19.0 Å². The van der Waals surface area contributed by atoms with Gasteiger partial charge >= 0.3 is 0 Å². The molecule has 19 heavy (non-hydrogen) atoms. The van der Waals surface area contributed by atoms with E-state index in [0.717, 1.165) is 11.4 Å². The fourth-order valence-electron chi connectivity index (χ4n) is 1.89. The van der Waals surface area contributed by atoms with Crippen molar-refractivity contribution in [2.75, 3.05) is 13.7 Å². The van der Waals surface area contributed by atoms with E-state index in [1.165, 1.54) is 0 Å². The smallest absolute Gasteiger partial charge is 0.150 e. The Labute approximate surface area is 111 Å². The van der Waals surface area contributed by atoms with Crippen LogP contribution >= 0.6 is 0 Å². The van der Waals surface area contributed by atoms with E-state index in [9.17, 15) is 5.11 Å².